The van der Waals surface area contributed by atoms with E-state index in [0.717, 1.165) is 5.56 Å². The maximum absolute atomic E-state index is 14.2. The van der Waals surface area contributed by atoms with Gasteiger partial charge in [-0.3, -0.25) is 0 Å². The van der Waals surface area contributed by atoms with Gasteiger partial charge in [0.1, 0.15) is 10.6 Å². The van der Waals surface area contributed by atoms with Crippen molar-refractivity contribution in [2.24, 2.45) is 0 Å². The van der Waals surface area contributed by atoms with E-state index < -0.39 is 30.5 Å². The van der Waals surface area contributed by atoms with Crippen molar-refractivity contribution in [3.8, 4) is 5.75 Å². The second-order valence-corrected chi connectivity index (χ2v) is 18.5. The molecule has 0 saturated carbocycles. The van der Waals surface area contributed by atoms with E-state index >= 15 is 0 Å². The first-order valence-corrected chi connectivity index (χ1v) is 20.3. The van der Waals surface area contributed by atoms with Gasteiger partial charge in [0.15, 0.2) is 0 Å². The first-order valence-electron chi connectivity index (χ1n) is 15.9. The predicted octanol–water partition coefficient (Wildman–Crippen LogP) is 10.4. The third-order valence-corrected chi connectivity index (χ3v) is 14.6. The first-order chi connectivity index (χ1) is 22.8. The van der Waals surface area contributed by atoms with Crippen LogP contribution in [-0.2, 0) is 23.9 Å². The lowest BCUT2D eigenvalue weighted by Gasteiger charge is -2.39. The van der Waals surface area contributed by atoms with Gasteiger partial charge in [-0.15, -0.1) is 0 Å². The molecule has 48 heavy (non-hydrogen) atoms. The molecule has 0 spiro atoms. The molecule has 0 fully saturated rings. The molecule has 0 N–H and O–H groups in total. The summed E-state index contributed by atoms with van der Waals surface area (Å²) in [5.74, 6) is 0.0847. The highest BCUT2D eigenvalue weighted by atomic mass is 32.3. The summed E-state index contributed by atoms with van der Waals surface area (Å²) in [6, 6.07) is 37.2. The lowest BCUT2D eigenvalue weighted by atomic mass is 9.89. The first kappa shape index (κ1) is 35.4. The molecule has 0 heterocycles. The van der Waals surface area contributed by atoms with Crippen molar-refractivity contribution in [1.82, 2.24) is 0 Å². The third-order valence-electron chi connectivity index (χ3n) is 8.06. The zero-order valence-electron chi connectivity index (χ0n) is 28.0. The van der Waals surface area contributed by atoms with Gasteiger partial charge < -0.3 is 4.18 Å². The second kappa shape index (κ2) is 14.3. The normalized spacial score (nSPS) is 12.9. The smallest absolute Gasteiger partial charge is 0.339 e. The van der Waals surface area contributed by atoms with Crippen LogP contribution in [0.5, 0.6) is 5.75 Å². The molecule has 5 aromatic rings. The van der Waals surface area contributed by atoms with E-state index in [9.17, 15) is 16.8 Å². The summed E-state index contributed by atoms with van der Waals surface area (Å²) in [4.78, 5) is 2.17. The molecule has 5 aromatic carbocycles. The summed E-state index contributed by atoms with van der Waals surface area (Å²) in [5, 5.41) is 0. The molecular formula is C39H42O6S3. The van der Waals surface area contributed by atoms with Crippen LogP contribution in [0.25, 0.3) is 0 Å². The lowest BCUT2D eigenvalue weighted by molar-refractivity contribution is 0.482. The van der Waals surface area contributed by atoms with Crippen molar-refractivity contribution in [1.29, 1.82) is 0 Å². The van der Waals surface area contributed by atoms with Crippen LogP contribution in [0.4, 0.5) is 0 Å². The monoisotopic (exact) mass is 702 g/mol. The topological polar surface area (TPSA) is 86.7 Å². The van der Waals surface area contributed by atoms with E-state index in [2.05, 4.69) is 13.8 Å². The molecular weight excluding hydrogens is 661 g/mol. The minimum atomic E-state index is -4.39. The fraction of sp³-hybridized carbons (Fsp3) is 0.231. The second-order valence-electron chi connectivity index (χ2n) is 12.5. The van der Waals surface area contributed by atoms with Gasteiger partial charge >= 0.3 is 20.2 Å². The Labute approximate surface area is 287 Å². The van der Waals surface area contributed by atoms with Crippen LogP contribution >= 0.6 is 10.3 Å². The molecule has 9 heteroatoms. The van der Waals surface area contributed by atoms with Gasteiger partial charge in [-0.2, -0.15) is 16.8 Å². The van der Waals surface area contributed by atoms with E-state index in [1.165, 1.54) is 24.3 Å². The van der Waals surface area contributed by atoms with Gasteiger partial charge in [-0.1, -0.05) is 108 Å². The minimum absolute atomic E-state index is 0.000846. The number of hydrogen-bond donors (Lipinski definition) is 0. The molecule has 0 radical (unpaired) electrons. The highest BCUT2D eigenvalue weighted by Gasteiger charge is 2.38. The summed E-state index contributed by atoms with van der Waals surface area (Å²) in [7, 11) is -11.4. The summed E-state index contributed by atoms with van der Waals surface area (Å²) in [6.07, 6.45) is 0. The van der Waals surface area contributed by atoms with E-state index in [4.69, 9.17) is 7.81 Å². The van der Waals surface area contributed by atoms with Crippen LogP contribution < -0.4 is 4.18 Å². The van der Waals surface area contributed by atoms with E-state index in [1.807, 2.05) is 131 Å². The SMILES string of the molecule is CC(C)c1cc(C(C)C)c(S(=O)(=O)Oc2ccc(S(=O)(=O)OS(c3ccccc3)(c3ccccc3)c3ccccc3)cc2)c(C(C)C)c1. The molecule has 0 aliphatic carbocycles. The quantitative estimate of drug-likeness (QED) is 0.120. The van der Waals surface area contributed by atoms with Gasteiger partial charge in [0.05, 0.1) is 4.90 Å². The average molecular weight is 703 g/mol. The standard InChI is InChI=1S/C39H42O6S3/c1-28(2)31-26-37(29(3)4)39(38(27-31)30(5)6)48(42,43)44-32-22-24-36(25-23-32)47(40,41)45-46(33-16-10-7-11-17-33,34-18-12-8-13-19-34)35-20-14-9-15-21-35/h7-30H,1-6H3. The minimum Gasteiger partial charge on any atom is -0.379 e. The summed E-state index contributed by atoms with van der Waals surface area (Å²) in [6.45, 7) is 12.0. The highest BCUT2D eigenvalue weighted by Crippen LogP contribution is 2.70. The molecule has 0 unspecified atom stereocenters. The van der Waals surface area contributed by atoms with Crippen molar-refractivity contribution >= 4 is 30.5 Å². The van der Waals surface area contributed by atoms with Gasteiger partial charge in [0.2, 0.25) is 0 Å². The Morgan fingerprint density at radius 3 is 1.21 bits per heavy atom. The maximum atomic E-state index is 14.2. The fourth-order valence-corrected chi connectivity index (χ4v) is 12.4. The zero-order chi connectivity index (χ0) is 34.7. The zero-order valence-corrected chi connectivity index (χ0v) is 30.5. The van der Waals surface area contributed by atoms with Crippen LogP contribution in [0.1, 0.15) is 76.0 Å². The predicted molar refractivity (Wildman–Crippen MR) is 193 cm³/mol. The van der Waals surface area contributed by atoms with Crippen molar-refractivity contribution in [2.75, 3.05) is 0 Å². The van der Waals surface area contributed by atoms with Crippen molar-refractivity contribution in [2.45, 2.75) is 83.8 Å². The Morgan fingerprint density at radius 1 is 0.458 bits per heavy atom. The Kier molecular flexibility index (Phi) is 10.6. The Balaban J connectivity index is 1.55. The Morgan fingerprint density at radius 2 is 0.854 bits per heavy atom. The van der Waals surface area contributed by atoms with Gasteiger partial charge in [-0.25, -0.2) is 3.63 Å². The molecule has 0 amide bonds. The summed E-state index contributed by atoms with van der Waals surface area (Å²) < 4.78 is 68.2. The summed E-state index contributed by atoms with van der Waals surface area (Å²) in [5.41, 5.74) is 2.45. The molecule has 0 atom stereocenters. The van der Waals surface area contributed by atoms with E-state index in [0.29, 0.717) is 25.8 Å². The molecule has 5 rings (SSSR count). The number of rotatable bonds is 12. The molecule has 0 aromatic heterocycles. The molecule has 252 valence electrons. The number of benzene rings is 5. The van der Waals surface area contributed by atoms with Gasteiger partial charge in [0, 0.05) is 14.7 Å². The number of hydrogen-bond acceptors (Lipinski definition) is 6. The third kappa shape index (κ3) is 7.25. The lowest BCUT2D eigenvalue weighted by Crippen LogP contribution is -2.17. The fourth-order valence-electron chi connectivity index (χ4n) is 5.54. The van der Waals surface area contributed by atoms with Crippen molar-refractivity contribution in [3.63, 3.8) is 0 Å². The Bertz CT molecular complexity index is 1930. The maximum Gasteiger partial charge on any atom is 0.339 e. The van der Waals surface area contributed by atoms with Crippen LogP contribution in [0.3, 0.4) is 0 Å². The average Bonchev–Trinajstić information content (AvgIpc) is 3.07. The van der Waals surface area contributed by atoms with Crippen LogP contribution in [-0.4, -0.2) is 16.8 Å². The molecule has 0 aliphatic heterocycles. The molecule has 0 bridgehead atoms. The van der Waals surface area contributed by atoms with Crippen molar-refractivity contribution < 1.29 is 24.6 Å². The van der Waals surface area contributed by atoms with Crippen molar-refractivity contribution in [3.05, 3.63) is 144 Å². The molecule has 0 aliphatic rings. The van der Waals surface area contributed by atoms with Gasteiger partial charge in [0.25, 0.3) is 0 Å². The van der Waals surface area contributed by atoms with Crippen LogP contribution in [0, 0.1) is 0 Å². The van der Waals surface area contributed by atoms with E-state index in [1.54, 1.807) is 0 Å². The molecule has 0 saturated heterocycles. The van der Waals surface area contributed by atoms with E-state index in [-0.39, 0.29) is 33.3 Å². The van der Waals surface area contributed by atoms with Crippen LogP contribution in [0.15, 0.2) is 152 Å². The summed E-state index contributed by atoms with van der Waals surface area (Å²) >= 11 is 0. The van der Waals surface area contributed by atoms with Crippen LogP contribution in [0.2, 0.25) is 0 Å². The highest BCUT2D eigenvalue weighted by molar-refractivity contribution is 8.33. The van der Waals surface area contributed by atoms with Gasteiger partial charge in [-0.05, 0) is 105 Å². The molecule has 6 nitrogen and oxygen atoms in total. The largest absolute Gasteiger partial charge is 0.379 e. The Hall–Kier alpha value is -3.89.